The molecule has 0 atom stereocenters. The van der Waals surface area contributed by atoms with E-state index in [2.05, 4.69) is 15.0 Å². The third kappa shape index (κ3) is 1.98. The van der Waals surface area contributed by atoms with Gasteiger partial charge in [-0.25, -0.2) is 9.97 Å². The normalized spacial score (nSPS) is 11.4. The van der Waals surface area contributed by atoms with Crippen LogP contribution in [0.3, 0.4) is 0 Å². The van der Waals surface area contributed by atoms with Crippen LogP contribution in [0.2, 0.25) is 0 Å². The zero-order valence-corrected chi connectivity index (χ0v) is 12.3. The lowest BCUT2D eigenvalue weighted by atomic mass is 10.0. The van der Waals surface area contributed by atoms with Crippen LogP contribution in [0.1, 0.15) is 11.4 Å². The number of nitrogens with two attached hydrogens (primary N) is 1. The first kappa shape index (κ1) is 12.8. The van der Waals surface area contributed by atoms with Gasteiger partial charge in [-0.1, -0.05) is 12.1 Å². The van der Waals surface area contributed by atoms with Gasteiger partial charge in [0.2, 0.25) is 0 Å². The van der Waals surface area contributed by atoms with Crippen LogP contribution in [-0.2, 0) is 0 Å². The topological polar surface area (TPSA) is 77.8 Å². The summed E-state index contributed by atoms with van der Waals surface area (Å²) >= 11 is 0. The number of rotatable bonds is 1. The number of aryl methyl sites for hydroxylation is 2. The second kappa shape index (κ2) is 4.53. The predicted octanol–water partition coefficient (Wildman–Crippen LogP) is 3.64. The van der Waals surface area contributed by atoms with Crippen LogP contribution in [0, 0.1) is 13.8 Å². The molecule has 108 valence electrons. The SMILES string of the molecule is Cc1nc2ccc(-c3ccc4oc(N)nc4c3)cc2nc1C. The molecular weight excluding hydrogens is 276 g/mol. The van der Waals surface area contributed by atoms with Gasteiger partial charge in [0.05, 0.1) is 22.4 Å². The highest BCUT2D eigenvalue weighted by Crippen LogP contribution is 2.27. The Morgan fingerprint density at radius 3 is 2.18 bits per heavy atom. The number of nitrogen functional groups attached to an aromatic ring is 1. The number of aromatic nitrogens is 3. The molecule has 0 spiro atoms. The highest BCUT2D eigenvalue weighted by atomic mass is 16.4. The lowest BCUT2D eigenvalue weighted by Gasteiger charge is -2.05. The molecule has 0 fully saturated rings. The van der Waals surface area contributed by atoms with Crippen molar-refractivity contribution in [3.63, 3.8) is 0 Å². The summed E-state index contributed by atoms with van der Waals surface area (Å²) in [7, 11) is 0. The molecular formula is C17H14N4O. The molecule has 5 nitrogen and oxygen atoms in total. The Morgan fingerprint density at radius 2 is 1.41 bits per heavy atom. The Balaban J connectivity index is 1.89. The molecule has 0 saturated carbocycles. The van der Waals surface area contributed by atoms with E-state index >= 15 is 0 Å². The summed E-state index contributed by atoms with van der Waals surface area (Å²) < 4.78 is 5.30. The third-order valence-corrected chi connectivity index (χ3v) is 3.81. The molecule has 2 aromatic carbocycles. The molecule has 2 N–H and O–H groups in total. The predicted molar refractivity (Wildman–Crippen MR) is 86.4 cm³/mol. The molecule has 0 aliphatic rings. The van der Waals surface area contributed by atoms with E-state index in [4.69, 9.17) is 10.2 Å². The van der Waals surface area contributed by atoms with E-state index in [0.717, 1.165) is 39.1 Å². The Kier molecular flexibility index (Phi) is 2.63. The maximum Gasteiger partial charge on any atom is 0.292 e. The van der Waals surface area contributed by atoms with Gasteiger partial charge in [0.25, 0.3) is 6.01 Å². The van der Waals surface area contributed by atoms with E-state index in [1.165, 1.54) is 0 Å². The fourth-order valence-corrected chi connectivity index (χ4v) is 2.54. The summed E-state index contributed by atoms with van der Waals surface area (Å²) in [5.74, 6) is 0. The van der Waals surface area contributed by atoms with Crippen molar-refractivity contribution in [1.29, 1.82) is 0 Å². The van der Waals surface area contributed by atoms with E-state index in [1.807, 2.05) is 50.2 Å². The zero-order valence-electron chi connectivity index (χ0n) is 12.3. The van der Waals surface area contributed by atoms with Crippen molar-refractivity contribution in [2.75, 3.05) is 5.73 Å². The minimum absolute atomic E-state index is 0.183. The van der Waals surface area contributed by atoms with Gasteiger partial charge < -0.3 is 10.2 Å². The monoisotopic (exact) mass is 290 g/mol. The maximum absolute atomic E-state index is 5.59. The summed E-state index contributed by atoms with van der Waals surface area (Å²) in [6.07, 6.45) is 0. The van der Waals surface area contributed by atoms with Gasteiger partial charge in [0.1, 0.15) is 5.52 Å². The van der Waals surface area contributed by atoms with Crippen LogP contribution >= 0.6 is 0 Å². The number of hydrogen-bond donors (Lipinski definition) is 1. The molecule has 0 bridgehead atoms. The van der Waals surface area contributed by atoms with E-state index < -0.39 is 0 Å². The molecule has 0 aliphatic heterocycles. The Bertz CT molecular complexity index is 1020. The first-order valence-corrected chi connectivity index (χ1v) is 7.01. The maximum atomic E-state index is 5.59. The van der Waals surface area contributed by atoms with Crippen molar-refractivity contribution in [2.45, 2.75) is 13.8 Å². The van der Waals surface area contributed by atoms with Crippen molar-refractivity contribution >= 4 is 28.1 Å². The number of hydrogen-bond acceptors (Lipinski definition) is 5. The molecule has 2 aromatic heterocycles. The first-order valence-electron chi connectivity index (χ1n) is 7.01. The highest BCUT2D eigenvalue weighted by Gasteiger charge is 2.07. The fourth-order valence-electron chi connectivity index (χ4n) is 2.54. The third-order valence-electron chi connectivity index (χ3n) is 3.81. The molecule has 4 rings (SSSR count). The van der Waals surface area contributed by atoms with Crippen molar-refractivity contribution in [2.24, 2.45) is 0 Å². The highest BCUT2D eigenvalue weighted by molar-refractivity contribution is 5.85. The van der Waals surface area contributed by atoms with E-state index in [9.17, 15) is 0 Å². The van der Waals surface area contributed by atoms with E-state index in [1.54, 1.807) is 0 Å². The van der Waals surface area contributed by atoms with E-state index in [-0.39, 0.29) is 6.01 Å². The molecule has 0 radical (unpaired) electrons. The van der Waals surface area contributed by atoms with Crippen molar-refractivity contribution in [3.05, 3.63) is 47.8 Å². The summed E-state index contributed by atoms with van der Waals surface area (Å²) in [5.41, 5.74) is 12.8. The number of nitrogens with zero attached hydrogens (tertiary/aromatic N) is 3. The average molecular weight is 290 g/mol. The van der Waals surface area contributed by atoms with Gasteiger partial charge in [0, 0.05) is 0 Å². The molecule has 0 unspecified atom stereocenters. The molecule has 0 saturated heterocycles. The van der Waals surface area contributed by atoms with Gasteiger partial charge in [-0.15, -0.1) is 0 Å². The van der Waals surface area contributed by atoms with Crippen molar-refractivity contribution < 1.29 is 4.42 Å². The number of fused-ring (bicyclic) bond motifs is 2. The van der Waals surface area contributed by atoms with Crippen LogP contribution in [0.4, 0.5) is 6.01 Å². The quantitative estimate of drug-likeness (QED) is 0.579. The van der Waals surface area contributed by atoms with Crippen molar-refractivity contribution in [1.82, 2.24) is 15.0 Å². The lowest BCUT2D eigenvalue weighted by molar-refractivity contribution is 0.626. The van der Waals surface area contributed by atoms with Crippen molar-refractivity contribution in [3.8, 4) is 11.1 Å². The van der Waals surface area contributed by atoms with Crippen LogP contribution in [0.25, 0.3) is 33.3 Å². The fraction of sp³-hybridized carbons (Fsp3) is 0.118. The van der Waals surface area contributed by atoms with Gasteiger partial charge in [-0.3, -0.25) is 0 Å². The minimum Gasteiger partial charge on any atom is -0.424 e. The van der Waals surface area contributed by atoms with E-state index in [0.29, 0.717) is 5.58 Å². The number of oxazole rings is 1. The molecule has 4 aromatic rings. The molecule has 0 amide bonds. The van der Waals surface area contributed by atoms with Crippen LogP contribution in [0.5, 0.6) is 0 Å². The smallest absolute Gasteiger partial charge is 0.292 e. The second-order valence-electron chi connectivity index (χ2n) is 5.33. The molecule has 2 heterocycles. The lowest BCUT2D eigenvalue weighted by Crippen LogP contribution is -1.93. The molecule has 5 heteroatoms. The standard InChI is InChI=1S/C17H14N4O/c1-9-10(2)20-14-7-11(3-5-13(14)19-9)12-4-6-16-15(8-12)21-17(18)22-16/h3-8H,1-2H3,(H2,18,21). The van der Waals surface area contributed by atoms with Crippen LogP contribution in [-0.4, -0.2) is 15.0 Å². The molecule has 22 heavy (non-hydrogen) atoms. The summed E-state index contributed by atoms with van der Waals surface area (Å²) in [4.78, 5) is 13.3. The largest absolute Gasteiger partial charge is 0.424 e. The Hall–Kier alpha value is -2.95. The summed E-state index contributed by atoms with van der Waals surface area (Å²) in [6, 6.07) is 12.1. The van der Waals surface area contributed by atoms with Gasteiger partial charge in [-0.2, -0.15) is 4.98 Å². The zero-order chi connectivity index (χ0) is 15.3. The number of anilines is 1. The summed E-state index contributed by atoms with van der Waals surface area (Å²) in [5, 5.41) is 0. The molecule has 0 aliphatic carbocycles. The second-order valence-corrected chi connectivity index (χ2v) is 5.33. The Labute approximate surface area is 126 Å². The average Bonchev–Trinajstić information content (AvgIpc) is 2.87. The van der Waals surface area contributed by atoms with Gasteiger partial charge in [-0.05, 0) is 49.2 Å². The Morgan fingerprint density at radius 1 is 0.773 bits per heavy atom. The minimum atomic E-state index is 0.183. The van der Waals surface area contributed by atoms with Gasteiger partial charge in [0.15, 0.2) is 5.58 Å². The summed E-state index contributed by atoms with van der Waals surface area (Å²) in [6.45, 7) is 3.94. The first-order chi connectivity index (χ1) is 10.6. The van der Waals surface area contributed by atoms with Crippen LogP contribution in [0.15, 0.2) is 40.8 Å². The van der Waals surface area contributed by atoms with Crippen LogP contribution < -0.4 is 5.73 Å². The van der Waals surface area contributed by atoms with Gasteiger partial charge >= 0.3 is 0 Å². The number of benzene rings is 2.